The minimum absolute atomic E-state index is 0.0914. The van der Waals surface area contributed by atoms with Crippen LogP contribution < -0.4 is 0 Å². The maximum absolute atomic E-state index is 13.1. The summed E-state index contributed by atoms with van der Waals surface area (Å²) in [7, 11) is 0. The zero-order chi connectivity index (χ0) is 17.1. The van der Waals surface area contributed by atoms with Crippen molar-refractivity contribution in [1.29, 1.82) is 0 Å². The van der Waals surface area contributed by atoms with Crippen LogP contribution in [0.1, 0.15) is 23.2 Å². The molecule has 2 saturated heterocycles. The van der Waals surface area contributed by atoms with E-state index in [9.17, 15) is 4.79 Å². The number of hydrogen-bond donors (Lipinski definition) is 0. The molecule has 0 saturated carbocycles. The predicted octanol–water partition coefficient (Wildman–Crippen LogP) is 1.92. The summed E-state index contributed by atoms with van der Waals surface area (Å²) in [6.45, 7) is 3.69. The molecule has 0 spiro atoms. The molecule has 6 nitrogen and oxygen atoms in total. The molecule has 2 aliphatic heterocycles. The molecule has 1 aromatic carbocycles. The van der Waals surface area contributed by atoms with E-state index in [0.717, 1.165) is 38.3 Å². The highest BCUT2D eigenvalue weighted by molar-refractivity contribution is 7.99. The van der Waals surface area contributed by atoms with E-state index in [-0.39, 0.29) is 5.91 Å². The van der Waals surface area contributed by atoms with Gasteiger partial charge in [-0.05, 0) is 30.7 Å². The van der Waals surface area contributed by atoms with Crippen LogP contribution in [0.4, 0.5) is 0 Å². The summed E-state index contributed by atoms with van der Waals surface area (Å²) >= 11 is 2.05. The van der Waals surface area contributed by atoms with E-state index in [0.29, 0.717) is 11.6 Å². The molecule has 1 aromatic heterocycles. The lowest BCUT2D eigenvalue weighted by Gasteiger charge is -2.27. The Labute approximate surface area is 152 Å². The molecule has 25 heavy (non-hydrogen) atoms. The third kappa shape index (κ3) is 3.57. The van der Waals surface area contributed by atoms with E-state index in [1.807, 2.05) is 40.9 Å². The maximum Gasteiger partial charge on any atom is 0.256 e. The van der Waals surface area contributed by atoms with Gasteiger partial charge in [0.05, 0.1) is 11.3 Å². The number of thioether (sulfide) groups is 1. The van der Waals surface area contributed by atoms with Crippen molar-refractivity contribution in [2.45, 2.75) is 18.9 Å². The normalized spacial score (nSPS) is 22.1. The van der Waals surface area contributed by atoms with Crippen molar-refractivity contribution in [2.75, 3.05) is 37.7 Å². The fraction of sp³-hybridized carbons (Fsp3) is 0.500. The fourth-order valence-electron chi connectivity index (χ4n) is 3.67. The van der Waals surface area contributed by atoms with Crippen LogP contribution in [0.2, 0.25) is 0 Å². The summed E-state index contributed by atoms with van der Waals surface area (Å²) in [5, 5.41) is 4.18. The lowest BCUT2D eigenvalue weighted by molar-refractivity contribution is 0.0759. The van der Waals surface area contributed by atoms with Crippen molar-refractivity contribution in [3.63, 3.8) is 0 Å². The van der Waals surface area contributed by atoms with Crippen LogP contribution in [-0.2, 0) is 0 Å². The van der Waals surface area contributed by atoms with Crippen LogP contribution in [0, 0.1) is 0 Å². The smallest absolute Gasteiger partial charge is 0.256 e. The molecule has 2 aliphatic rings. The molecule has 0 radical (unpaired) electrons. The highest BCUT2D eigenvalue weighted by Crippen LogP contribution is 2.24. The van der Waals surface area contributed by atoms with Crippen molar-refractivity contribution >= 4 is 17.7 Å². The summed E-state index contributed by atoms with van der Waals surface area (Å²) in [5.41, 5.74) is 1.48. The average molecular weight is 357 g/mol. The number of hydrogen-bond acceptors (Lipinski definition) is 5. The van der Waals surface area contributed by atoms with E-state index in [2.05, 4.69) is 15.0 Å². The molecule has 7 heteroatoms. The van der Waals surface area contributed by atoms with Crippen LogP contribution in [-0.4, -0.2) is 74.2 Å². The summed E-state index contributed by atoms with van der Waals surface area (Å²) in [5.74, 6) is 2.60. The van der Waals surface area contributed by atoms with Gasteiger partial charge in [0.2, 0.25) is 0 Å². The number of para-hydroxylation sites is 1. The standard InChI is InChI=1S/C18H23N5OS/c24-18(16-4-1-2-5-17(16)23-14-19-13-20-23)22-8-3-7-21(9-10-22)15-6-11-25-12-15/h1-2,4-5,13-15H,3,6-12H2. The van der Waals surface area contributed by atoms with Gasteiger partial charge in [-0.1, -0.05) is 12.1 Å². The van der Waals surface area contributed by atoms with Crippen LogP contribution in [0.5, 0.6) is 0 Å². The Hall–Kier alpha value is -1.86. The van der Waals surface area contributed by atoms with Gasteiger partial charge < -0.3 is 4.90 Å². The van der Waals surface area contributed by atoms with Gasteiger partial charge >= 0.3 is 0 Å². The van der Waals surface area contributed by atoms with Gasteiger partial charge in [-0.15, -0.1) is 0 Å². The molecular weight excluding hydrogens is 334 g/mol. The summed E-state index contributed by atoms with van der Waals surface area (Å²) in [4.78, 5) is 21.7. The van der Waals surface area contributed by atoms with E-state index < -0.39 is 0 Å². The Morgan fingerprint density at radius 3 is 2.88 bits per heavy atom. The maximum atomic E-state index is 13.1. The molecule has 1 unspecified atom stereocenters. The van der Waals surface area contributed by atoms with Gasteiger partial charge in [0.1, 0.15) is 12.7 Å². The van der Waals surface area contributed by atoms with Crippen molar-refractivity contribution in [3.05, 3.63) is 42.5 Å². The van der Waals surface area contributed by atoms with Crippen LogP contribution >= 0.6 is 11.8 Å². The number of carbonyl (C=O) groups is 1. The summed E-state index contributed by atoms with van der Waals surface area (Å²) in [6.07, 6.45) is 5.45. The number of rotatable bonds is 3. The zero-order valence-electron chi connectivity index (χ0n) is 14.3. The summed E-state index contributed by atoms with van der Waals surface area (Å²) in [6, 6.07) is 8.34. The van der Waals surface area contributed by atoms with Crippen LogP contribution in [0.3, 0.4) is 0 Å². The van der Waals surface area contributed by atoms with E-state index in [1.54, 1.807) is 11.0 Å². The van der Waals surface area contributed by atoms with Crippen LogP contribution in [0.15, 0.2) is 36.9 Å². The van der Waals surface area contributed by atoms with Gasteiger partial charge in [-0.3, -0.25) is 9.69 Å². The Morgan fingerprint density at radius 1 is 1.16 bits per heavy atom. The Bertz CT molecular complexity index is 714. The molecule has 2 fully saturated rings. The van der Waals surface area contributed by atoms with Crippen LogP contribution in [0.25, 0.3) is 5.69 Å². The second-order valence-corrected chi connectivity index (χ2v) is 7.71. The zero-order valence-corrected chi connectivity index (χ0v) is 15.1. The van der Waals surface area contributed by atoms with Crippen molar-refractivity contribution in [2.24, 2.45) is 0 Å². The minimum Gasteiger partial charge on any atom is -0.337 e. The number of amides is 1. The molecule has 3 heterocycles. The molecule has 4 rings (SSSR count). The first-order valence-corrected chi connectivity index (χ1v) is 10.0. The number of aromatic nitrogens is 3. The molecule has 1 amide bonds. The molecule has 0 aliphatic carbocycles. The molecule has 2 aromatic rings. The highest BCUT2D eigenvalue weighted by Gasteiger charge is 2.27. The lowest BCUT2D eigenvalue weighted by atomic mass is 10.1. The number of nitrogens with zero attached hydrogens (tertiary/aromatic N) is 5. The molecule has 132 valence electrons. The molecular formula is C18H23N5OS. The first kappa shape index (κ1) is 16.6. The number of benzene rings is 1. The first-order chi connectivity index (χ1) is 12.3. The van der Waals surface area contributed by atoms with E-state index in [4.69, 9.17) is 0 Å². The minimum atomic E-state index is 0.0914. The quantitative estimate of drug-likeness (QED) is 0.840. The monoisotopic (exact) mass is 357 g/mol. The average Bonchev–Trinajstić information content (AvgIpc) is 3.32. The van der Waals surface area contributed by atoms with Gasteiger partial charge in [0, 0.05) is 38.0 Å². The summed E-state index contributed by atoms with van der Waals surface area (Å²) < 4.78 is 1.66. The second kappa shape index (κ2) is 7.58. The Morgan fingerprint density at radius 2 is 2.08 bits per heavy atom. The highest BCUT2D eigenvalue weighted by atomic mass is 32.2. The third-order valence-electron chi connectivity index (χ3n) is 5.04. The van der Waals surface area contributed by atoms with E-state index in [1.165, 1.54) is 24.3 Å². The van der Waals surface area contributed by atoms with Gasteiger partial charge in [0.15, 0.2) is 0 Å². The van der Waals surface area contributed by atoms with Crippen molar-refractivity contribution in [1.82, 2.24) is 24.6 Å². The fourth-order valence-corrected chi connectivity index (χ4v) is 4.93. The topological polar surface area (TPSA) is 54.3 Å². The van der Waals surface area contributed by atoms with Gasteiger partial charge in [-0.25, -0.2) is 9.67 Å². The first-order valence-electron chi connectivity index (χ1n) is 8.88. The number of carbonyl (C=O) groups excluding carboxylic acids is 1. The SMILES string of the molecule is O=C(c1ccccc1-n1cncn1)N1CCCN(C2CCSC2)CC1. The largest absolute Gasteiger partial charge is 0.337 e. The Balaban J connectivity index is 1.50. The van der Waals surface area contributed by atoms with Gasteiger partial charge in [0.25, 0.3) is 5.91 Å². The Kier molecular flexibility index (Phi) is 5.03. The van der Waals surface area contributed by atoms with Gasteiger partial charge in [-0.2, -0.15) is 16.9 Å². The van der Waals surface area contributed by atoms with E-state index >= 15 is 0 Å². The molecule has 1 atom stereocenters. The van der Waals surface area contributed by atoms with Crippen molar-refractivity contribution in [3.8, 4) is 5.69 Å². The van der Waals surface area contributed by atoms with Crippen molar-refractivity contribution < 1.29 is 4.79 Å². The molecule has 0 N–H and O–H groups in total. The molecule has 0 bridgehead atoms. The predicted molar refractivity (Wildman–Crippen MR) is 99.2 cm³/mol. The lowest BCUT2D eigenvalue weighted by Crippen LogP contribution is -2.39. The third-order valence-corrected chi connectivity index (χ3v) is 6.18. The second-order valence-electron chi connectivity index (χ2n) is 6.56.